The molecule has 0 radical (unpaired) electrons. The van der Waals surface area contributed by atoms with E-state index in [1.54, 1.807) is 36.4 Å². The Labute approximate surface area is 139 Å². The number of rotatable bonds is 4. The number of carbonyl (C=O) groups excluding carboxylic acids is 2. The highest BCUT2D eigenvalue weighted by Gasteiger charge is 2.08. The summed E-state index contributed by atoms with van der Waals surface area (Å²) in [7, 11) is 0. The predicted molar refractivity (Wildman–Crippen MR) is 89.1 cm³/mol. The van der Waals surface area contributed by atoms with E-state index < -0.39 is 0 Å². The standard InChI is InChI=1S/C15H12Br2N2O2/c16-11-6-10(7-12(17)8-11)15(21)19-13-3-1-9(2-4-13)5-14(18)20/h1-4,6-8H,5H2,(H2,18,20)(H,19,21). The summed E-state index contributed by atoms with van der Waals surface area (Å²) in [6.45, 7) is 0. The number of amides is 2. The molecule has 6 heteroatoms. The van der Waals surface area contributed by atoms with Gasteiger partial charge in [-0.2, -0.15) is 0 Å². The van der Waals surface area contributed by atoms with Crippen LogP contribution >= 0.6 is 31.9 Å². The van der Waals surface area contributed by atoms with Crippen LogP contribution in [0.4, 0.5) is 5.69 Å². The van der Waals surface area contributed by atoms with Gasteiger partial charge in [-0.05, 0) is 35.9 Å². The molecule has 0 atom stereocenters. The Hall–Kier alpha value is -1.66. The Morgan fingerprint density at radius 2 is 1.57 bits per heavy atom. The van der Waals surface area contributed by atoms with Crippen LogP contribution in [0.3, 0.4) is 0 Å². The SMILES string of the molecule is NC(=O)Cc1ccc(NC(=O)c2cc(Br)cc(Br)c2)cc1. The summed E-state index contributed by atoms with van der Waals surface area (Å²) in [6.07, 6.45) is 0.187. The summed E-state index contributed by atoms with van der Waals surface area (Å²) < 4.78 is 1.64. The summed E-state index contributed by atoms with van der Waals surface area (Å²) in [5.74, 6) is -0.592. The maximum atomic E-state index is 12.2. The van der Waals surface area contributed by atoms with Gasteiger partial charge in [-0.3, -0.25) is 9.59 Å². The van der Waals surface area contributed by atoms with Gasteiger partial charge < -0.3 is 11.1 Å². The number of anilines is 1. The minimum absolute atomic E-state index is 0.187. The first-order valence-corrected chi connectivity index (χ1v) is 7.67. The highest BCUT2D eigenvalue weighted by Crippen LogP contribution is 2.21. The zero-order chi connectivity index (χ0) is 15.4. The van der Waals surface area contributed by atoms with Crippen LogP contribution < -0.4 is 11.1 Å². The molecule has 2 amide bonds. The van der Waals surface area contributed by atoms with Crippen LogP contribution in [-0.2, 0) is 11.2 Å². The molecular formula is C15H12Br2N2O2. The maximum absolute atomic E-state index is 12.2. The summed E-state index contributed by atoms with van der Waals surface area (Å²) in [5, 5.41) is 2.80. The van der Waals surface area contributed by atoms with Gasteiger partial charge in [0.1, 0.15) is 0 Å². The first-order chi connectivity index (χ1) is 9.94. The Bertz CT molecular complexity index is 664. The number of benzene rings is 2. The quantitative estimate of drug-likeness (QED) is 0.808. The highest BCUT2D eigenvalue weighted by atomic mass is 79.9. The number of halogens is 2. The number of hydrogen-bond donors (Lipinski definition) is 2. The lowest BCUT2D eigenvalue weighted by atomic mass is 10.1. The van der Waals surface area contributed by atoms with Crippen LogP contribution in [0.25, 0.3) is 0 Å². The van der Waals surface area contributed by atoms with Gasteiger partial charge in [0.05, 0.1) is 6.42 Å². The van der Waals surface area contributed by atoms with Crippen molar-refractivity contribution in [3.8, 4) is 0 Å². The van der Waals surface area contributed by atoms with Gasteiger partial charge in [-0.15, -0.1) is 0 Å². The van der Waals surface area contributed by atoms with E-state index in [4.69, 9.17) is 5.73 Å². The van der Waals surface area contributed by atoms with Gasteiger partial charge in [0, 0.05) is 20.2 Å². The van der Waals surface area contributed by atoms with Crippen LogP contribution in [0.5, 0.6) is 0 Å². The third kappa shape index (κ3) is 4.68. The van der Waals surface area contributed by atoms with E-state index in [1.165, 1.54) is 0 Å². The van der Waals surface area contributed by atoms with Gasteiger partial charge in [-0.25, -0.2) is 0 Å². The van der Waals surface area contributed by atoms with E-state index in [0.29, 0.717) is 11.3 Å². The molecule has 0 saturated heterocycles. The fourth-order valence-corrected chi connectivity index (χ4v) is 3.09. The van der Waals surface area contributed by atoms with E-state index in [-0.39, 0.29) is 18.2 Å². The van der Waals surface area contributed by atoms with E-state index >= 15 is 0 Å². The van der Waals surface area contributed by atoms with E-state index in [1.807, 2.05) is 6.07 Å². The van der Waals surface area contributed by atoms with Crippen LogP contribution in [-0.4, -0.2) is 11.8 Å². The Kier molecular flexibility index (Phi) is 5.14. The molecule has 0 saturated carbocycles. The molecule has 0 unspecified atom stereocenters. The van der Waals surface area contributed by atoms with Gasteiger partial charge in [0.15, 0.2) is 0 Å². The first-order valence-electron chi connectivity index (χ1n) is 6.09. The molecule has 2 aromatic carbocycles. The molecule has 2 rings (SSSR count). The molecule has 2 aromatic rings. The molecule has 4 nitrogen and oxygen atoms in total. The van der Waals surface area contributed by atoms with Crippen molar-refractivity contribution in [1.82, 2.24) is 0 Å². The van der Waals surface area contributed by atoms with Crippen molar-refractivity contribution in [2.45, 2.75) is 6.42 Å². The van der Waals surface area contributed by atoms with Crippen LogP contribution in [0, 0.1) is 0 Å². The number of nitrogens with two attached hydrogens (primary N) is 1. The Morgan fingerprint density at radius 1 is 1.00 bits per heavy atom. The molecule has 0 spiro atoms. The Balaban J connectivity index is 2.10. The lowest BCUT2D eigenvalue weighted by Crippen LogP contribution is -2.14. The number of nitrogens with one attached hydrogen (secondary N) is 1. The molecular weight excluding hydrogens is 400 g/mol. The second kappa shape index (κ2) is 6.87. The van der Waals surface area contributed by atoms with Crippen molar-refractivity contribution in [2.24, 2.45) is 5.73 Å². The molecule has 0 aliphatic heterocycles. The van der Waals surface area contributed by atoms with Crippen molar-refractivity contribution in [2.75, 3.05) is 5.32 Å². The van der Waals surface area contributed by atoms with Gasteiger partial charge >= 0.3 is 0 Å². The second-order valence-electron chi connectivity index (χ2n) is 4.45. The van der Waals surface area contributed by atoms with Crippen molar-refractivity contribution >= 4 is 49.4 Å². The molecule has 0 aromatic heterocycles. The Morgan fingerprint density at radius 3 is 2.10 bits per heavy atom. The molecule has 0 bridgehead atoms. The van der Waals surface area contributed by atoms with E-state index in [0.717, 1.165) is 14.5 Å². The lowest BCUT2D eigenvalue weighted by molar-refractivity contribution is -0.117. The van der Waals surface area contributed by atoms with Crippen molar-refractivity contribution in [1.29, 1.82) is 0 Å². The van der Waals surface area contributed by atoms with Crippen molar-refractivity contribution in [3.05, 3.63) is 62.5 Å². The van der Waals surface area contributed by atoms with Crippen LogP contribution in [0.1, 0.15) is 15.9 Å². The van der Waals surface area contributed by atoms with E-state index in [2.05, 4.69) is 37.2 Å². The van der Waals surface area contributed by atoms with E-state index in [9.17, 15) is 9.59 Å². The summed E-state index contributed by atoms with van der Waals surface area (Å²) in [5.41, 5.74) is 7.14. The minimum Gasteiger partial charge on any atom is -0.369 e. The fourth-order valence-electron chi connectivity index (χ4n) is 1.80. The highest BCUT2D eigenvalue weighted by molar-refractivity contribution is 9.11. The zero-order valence-corrected chi connectivity index (χ0v) is 14.1. The van der Waals surface area contributed by atoms with Gasteiger partial charge in [-0.1, -0.05) is 44.0 Å². The molecule has 0 aliphatic rings. The largest absolute Gasteiger partial charge is 0.369 e. The monoisotopic (exact) mass is 410 g/mol. The first kappa shape index (κ1) is 15.7. The number of carbonyl (C=O) groups is 2. The number of primary amides is 1. The van der Waals surface area contributed by atoms with Gasteiger partial charge in [0.2, 0.25) is 5.91 Å². The van der Waals surface area contributed by atoms with Crippen LogP contribution in [0.15, 0.2) is 51.4 Å². The third-order valence-electron chi connectivity index (χ3n) is 2.71. The predicted octanol–water partition coefficient (Wildman–Crippen LogP) is 3.49. The molecule has 21 heavy (non-hydrogen) atoms. The average molecular weight is 412 g/mol. The molecule has 0 aliphatic carbocycles. The normalized spacial score (nSPS) is 10.2. The topological polar surface area (TPSA) is 72.2 Å². The third-order valence-corrected chi connectivity index (χ3v) is 3.63. The minimum atomic E-state index is -0.384. The summed E-state index contributed by atoms with van der Waals surface area (Å²) in [6, 6.07) is 12.3. The second-order valence-corrected chi connectivity index (χ2v) is 6.28. The summed E-state index contributed by atoms with van der Waals surface area (Å²) >= 11 is 6.69. The van der Waals surface area contributed by atoms with Crippen LogP contribution in [0.2, 0.25) is 0 Å². The van der Waals surface area contributed by atoms with Crippen molar-refractivity contribution in [3.63, 3.8) is 0 Å². The maximum Gasteiger partial charge on any atom is 0.255 e. The molecule has 108 valence electrons. The summed E-state index contributed by atoms with van der Waals surface area (Å²) in [4.78, 5) is 23.0. The van der Waals surface area contributed by atoms with Gasteiger partial charge in [0.25, 0.3) is 5.91 Å². The smallest absolute Gasteiger partial charge is 0.255 e. The lowest BCUT2D eigenvalue weighted by Gasteiger charge is -2.07. The molecule has 0 fully saturated rings. The molecule has 3 N–H and O–H groups in total. The van der Waals surface area contributed by atoms with Crippen molar-refractivity contribution < 1.29 is 9.59 Å². The zero-order valence-electron chi connectivity index (χ0n) is 10.9. The fraction of sp³-hybridized carbons (Fsp3) is 0.0667. The number of hydrogen-bond acceptors (Lipinski definition) is 2. The molecule has 0 heterocycles. The average Bonchev–Trinajstić information content (AvgIpc) is 2.39.